The Kier molecular flexibility index (Phi) is 4.28. The molecule has 0 heterocycles. The van der Waals surface area contributed by atoms with Crippen LogP contribution in [0.5, 0.6) is 0 Å². The summed E-state index contributed by atoms with van der Waals surface area (Å²) in [5.74, 6) is -0.179. The molecule has 0 aromatic heterocycles. The summed E-state index contributed by atoms with van der Waals surface area (Å²) in [6.45, 7) is 3.76. The lowest BCUT2D eigenvalue weighted by atomic mass is 9.92. The minimum Gasteiger partial charge on any atom is -0.351 e. The Hall–Kier alpha value is -2.08. The van der Waals surface area contributed by atoms with Crippen LogP contribution in [-0.4, -0.2) is 18.5 Å². The molecule has 6 nitrogen and oxygen atoms in total. The maximum atomic E-state index is 11.9. The molecule has 0 aliphatic rings. The van der Waals surface area contributed by atoms with Gasteiger partial charge in [-0.2, -0.15) is 0 Å². The fraction of sp³-hybridized carbons (Fsp3) is 0.333. The molecular weight excluding hydrogens is 232 g/mol. The van der Waals surface area contributed by atoms with Crippen molar-refractivity contribution in [1.29, 1.82) is 0 Å². The zero-order valence-corrected chi connectivity index (χ0v) is 10.5. The van der Waals surface area contributed by atoms with Gasteiger partial charge in [-0.05, 0) is 32.0 Å². The van der Waals surface area contributed by atoms with Gasteiger partial charge in [-0.25, -0.2) is 4.79 Å². The van der Waals surface area contributed by atoms with E-state index in [9.17, 15) is 9.59 Å². The van der Waals surface area contributed by atoms with E-state index >= 15 is 0 Å². The van der Waals surface area contributed by atoms with Crippen LogP contribution in [-0.2, 0) is 4.79 Å². The number of anilines is 2. The summed E-state index contributed by atoms with van der Waals surface area (Å²) >= 11 is 0. The average Bonchev–Trinajstić information content (AvgIpc) is 2.28. The van der Waals surface area contributed by atoms with Gasteiger partial charge >= 0.3 is 6.03 Å². The molecule has 0 spiro atoms. The summed E-state index contributed by atoms with van der Waals surface area (Å²) in [4.78, 5) is 22.6. The van der Waals surface area contributed by atoms with Crippen LogP contribution in [0.4, 0.5) is 16.2 Å². The SMILES string of the molecule is CC(C)(CN)C(=O)Nc1cccc(NC(N)=O)c1. The maximum absolute atomic E-state index is 11.9. The number of benzene rings is 1. The van der Waals surface area contributed by atoms with Crippen molar-refractivity contribution < 1.29 is 9.59 Å². The van der Waals surface area contributed by atoms with E-state index in [0.717, 1.165) is 0 Å². The standard InChI is InChI=1S/C12H18N4O2/c1-12(2,7-13)10(17)15-8-4-3-5-9(6-8)16-11(14)18/h3-6H,7,13H2,1-2H3,(H,15,17)(H3,14,16,18). The third-order valence-corrected chi connectivity index (χ3v) is 2.51. The molecule has 1 rings (SSSR count). The lowest BCUT2D eigenvalue weighted by molar-refractivity contribution is -0.123. The van der Waals surface area contributed by atoms with Gasteiger partial charge in [-0.3, -0.25) is 4.79 Å². The van der Waals surface area contributed by atoms with Crippen molar-refractivity contribution in [3.63, 3.8) is 0 Å². The van der Waals surface area contributed by atoms with Crippen LogP contribution in [0.25, 0.3) is 0 Å². The van der Waals surface area contributed by atoms with Gasteiger partial charge in [0.15, 0.2) is 0 Å². The number of urea groups is 1. The predicted octanol–water partition coefficient (Wildman–Crippen LogP) is 1.10. The first-order chi connectivity index (χ1) is 8.35. The number of amides is 3. The van der Waals surface area contributed by atoms with Crippen LogP contribution in [0.2, 0.25) is 0 Å². The second kappa shape index (κ2) is 5.50. The second-order valence-electron chi connectivity index (χ2n) is 4.61. The van der Waals surface area contributed by atoms with Gasteiger partial charge in [-0.1, -0.05) is 6.07 Å². The molecule has 0 aliphatic heterocycles. The van der Waals surface area contributed by atoms with Crippen molar-refractivity contribution in [1.82, 2.24) is 0 Å². The summed E-state index contributed by atoms with van der Waals surface area (Å²) in [7, 11) is 0. The molecule has 0 fully saturated rings. The van der Waals surface area contributed by atoms with E-state index in [4.69, 9.17) is 11.5 Å². The normalized spacial score (nSPS) is 10.8. The van der Waals surface area contributed by atoms with E-state index in [1.807, 2.05) is 0 Å². The topological polar surface area (TPSA) is 110 Å². The molecule has 0 saturated heterocycles. The minimum absolute atomic E-state index is 0.179. The van der Waals surface area contributed by atoms with Crippen LogP contribution < -0.4 is 22.1 Å². The first-order valence-electron chi connectivity index (χ1n) is 5.53. The van der Waals surface area contributed by atoms with Gasteiger partial charge in [0.1, 0.15) is 0 Å². The Bertz CT molecular complexity index is 457. The molecule has 0 unspecified atom stereocenters. The molecule has 0 aliphatic carbocycles. The number of carbonyl (C=O) groups is 2. The number of primary amides is 1. The number of hydrogen-bond acceptors (Lipinski definition) is 3. The largest absolute Gasteiger partial charge is 0.351 e. The Morgan fingerprint density at radius 2 is 1.78 bits per heavy atom. The van der Waals surface area contributed by atoms with E-state index in [-0.39, 0.29) is 12.5 Å². The average molecular weight is 250 g/mol. The van der Waals surface area contributed by atoms with Crippen molar-refractivity contribution in [2.45, 2.75) is 13.8 Å². The van der Waals surface area contributed by atoms with Crippen LogP contribution >= 0.6 is 0 Å². The van der Waals surface area contributed by atoms with E-state index in [0.29, 0.717) is 11.4 Å². The molecule has 0 saturated carbocycles. The zero-order valence-electron chi connectivity index (χ0n) is 10.5. The molecule has 0 atom stereocenters. The summed E-state index contributed by atoms with van der Waals surface area (Å²) in [6.07, 6.45) is 0. The molecule has 0 radical (unpaired) electrons. The Labute approximate surface area is 106 Å². The van der Waals surface area contributed by atoms with Crippen LogP contribution in [0.3, 0.4) is 0 Å². The molecule has 6 N–H and O–H groups in total. The summed E-state index contributed by atoms with van der Waals surface area (Å²) in [5.41, 5.74) is 11.0. The first-order valence-corrected chi connectivity index (χ1v) is 5.53. The third kappa shape index (κ3) is 3.74. The summed E-state index contributed by atoms with van der Waals surface area (Å²) in [6, 6.07) is 6.07. The maximum Gasteiger partial charge on any atom is 0.316 e. The van der Waals surface area contributed by atoms with E-state index in [1.54, 1.807) is 38.1 Å². The monoisotopic (exact) mass is 250 g/mol. The number of nitrogens with two attached hydrogens (primary N) is 2. The molecule has 1 aromatic rings. The van der Waals surface area contributed by atoms with Gasteiger partial charge in [0, 0.05) is 17.9 Å². The van der Waals surface area contributed by atoms with Gasteiger partial charge in [0.05, 0.1) is 5.41 Å². The molecule has 3 amide bonds. The Balaban J connectivity index is 2.79. The number of nitrogens with one attached hydrogen (secondary N) is 2. The first kappa shape index (κ1) is 14.0. The van der Waals surface area contributed by atoms with Crippen molar-refractivity contribution in [3.05, 3.63) is 24.3 Å². The van der Waals surface area contributed by atoms with Crippen LogP contribution in [0.15, 0.2) is 24.3 Å². The fourth-order valence-electron chi connectivity index (χ4n) is 1.21. The quantitative estimate of drug-likeness (QED) is 0.642. The highest BCUT2D eigenvalue weighted by Gasteiger charge is 2.25. The van der Waals surface area contributed by atoms with Crippen molar-refractivity contribution in [2.24, 2.45) is 16.9 Å². The molecule has 98 valence electrons. The highest BCUT2D eigenvalue weighted by atomic mass is 16.2. The summed E-state index contributed by atoms with van der Waals surface area (Å²) in [5, 5.41) is 5.17. The molecule has 6 heteroatoms. The fourth-order valence-corrected chi connectivity index (χ4v) is 1.21. The lowest BCUT2D eigenvalue weighted by Crippen LogP contribution is -2.37. The Morgan fingerprint density at radius 3 is 2.28 bits per heavy atom. The number of carbonyl (C=O) groups excluding carboxylic acids is 2. The second-order valence-corrected chi connectivity index (χ2v) is 4.61. The van der Waals surface area contributed by atoms with Crippen molar-refractivity contribution >= 4 is 23.3 Å². The zero-order chi connectivity index (χ0) is 13.8. The number of hydrogen-bond donors (Lipinski definition) is 4. The van der Waals surface area contributed by atoms with Gasteiger partial charge in [-0.15, -0.1) is 0 Å². The van der Waals surface area contributed by atoms with Gasteiger partial charge in [0.25, 0.3) is 0 Å². The van der Waals surface area contributed by atoms with E-state index < -0.39 is 11.4 Å². The van der Waals surface area contributed by atoms with E-state index in [2.05, 4.69) is 10.6 Å². The van der Waals surface area contributed by atoms with Gasteiger partial charge in [0.2, 0.25) is 5.91 Å². The predicted molar refractivity (Wildman–Crippen MR) is 71.1 cm³/mol. The third-order valence-electron chi connectivity index (χ3n) is 2.51. The van der Waals surface area contributed by atoms with Crippen LogP contribution in [0.1, 0.15) is 13.8 Å². The smallest absolute Gasteiger partial charge is 0.316 e. The molecule has 18 heavy (non-hydrogen) atoms. The molecule has 1 aromatic carbocycles. The van der Waals surface area contributed by atoms with Crippen molar-refractivity contribution in [2.75, 3.05) is 17.2 Å². The van der Waals surface area contributed by atoms with Crippen LogP contribution in [0, 0.1) is 5.41 Å². The molecule has 0 bridgehead atoms. The minimum atomic E-state index is -0.652. The van der Waals surface area contributed by atoms with E-state index in [1.165, 1.54) is 0 Å². The highest BCUT2D eigenvalue weighted by molar-refractivity contribution is 5.96. The number of rotatable bonds is 4. The highest BCUT2D eigenvalue weighted by Crippen LogP contribution is 2.19. The Morgan fingerprint density at radius 1 is 1.22 bits per heavy atom. The molecular formula is C12H18N4O2. The van der Waals surface area contributed by atoms with Crippen molar-refractivity contribution in [3.8, 4) is 0 Å². The lowest BCUT2D eigenvalue weighted by Gasteiger charge is -2.21. The summed E-state index contributed by atoms with van der Waals surface area (Å²) < 4.78 is 0. The van der Waals surface area contributed by atoms with Gasteiger partial charge < -0.3 is 22.1 Å².